The van der Waals surface area contributed by atoms with Crippen molar-refractivity contribution in [2.75, 3.05) is 13.1 Å². The van der Waals surface area contributed by atoms with Crippen LogP contribution in [0, 0.1) is 17.8 Å². The fourth-order valence-electron chi connectivity index (χ4n) is 4.15. The molecule has 0 radical (unpaired) electrons. The van der Waals surface area contributed by atoms with Gasteiger partial charge in [0.1, 0.15) is 0 Å². The molecular weight excluding hydrogens is 326 g/mol. The third-order valence-electron chi connectivity index (χ3n) is 5.35. The number of rotatable bonds is 4. The molecule has 0 spiro atoms. The van der Waals surface area contributed by atoms with Crippen molar-refractivity contribution in [3.8, 4) is 0 Å². The summed E-state index contributed by atoms with van der Waals surface area (Å²) in [5, 5.41) is 0.149. The van der Waals surface area contributed by atoms with Crippen LogP contribution in [0.5, 0.6) is 0 Å². The molecule has 1 saturated carbocycles. The zero-order valence-corrected chi connectivity index (χ0v) is 14.4. The largest absolute Gasteiger partial charge is 0.339 e. The lowest BCUT2D eigenvalue weighted by Crippen LogP contribution is -2.31. The summed E-state index contributed by atoms with van der Waals surface area (Å²) in [6.07, 6.45) is 11.4. The van der Waals surface area contributed by atoms with E-state index in [0.717, 1.165) is 25.0 Å². The highest BCUT2D eigenvalue weighted by atomic mass is 32.2. The SMILES string of the molecule is Cn1cnc(S(=O)(=O)N2C[C@H]3CC[C@H](Cc4cnccn4)[C@H]3C2)c1. The number of nitrogens with zero attached hydrogens (tertiary/aromatic N) is 5. The molecule has 0 bridgehead atoms. The molecule has 0 unspecified atom stereocenters. The van der Waals surface area contributed by atoms with Crippen LogP contribution in [-0.2, 0) is 23.5 Å². The van der Waals surface area contributed by atoms with Gasteiger partial charge in [0.2, 0.25) is 0 Å². The van der Waals surface area contributed by atoms with E-state index in [0.29, 0.717) is 30.8 Å². The van der Waals surface area contributed by atoms with Crippen molar-refractivity contribution in [1.82, 2.24) is 23.8 Å². The van der Waals surface area contributed by atoms with Crippen molar-refractivity contribution < 1.29 is 8.42 Å². The molecule has 1 aliphatic heterocycles. The maximum absolute atomic E-state index is 12.8. The van der Waals surface area contributed by atoms with Gasteiger partial charge in [0.05, 0.1) is 12.0 Å². The van der Waals surface area contributed by atoms with E-state index >= 15 is 0 Å². The lowest BCUT2D eigenvalue weighted by atomic mass is 9.89. The predicted molar refractivity (Wildman–Crippen MR) is 87.4 cm³/mol. The van der Waals surface area contributed by atoms with Gasteiger partial charge in [0.25, 0.3) is 10.0 Å². The first-order chi connectivity index (χ1) is 11.5. The molecule has 7 nitrogen and oxygen atoms in total. The minimum absolute atomic E-state index is 0.149. The second-order valence-corrected chi connectivity index (χ2v) is 8.75. The molecule has 128 valence electrons. The van der Waals surface area contributed by atoms with Gasteiger partial charge in [-0.15, -0.1) is 0 Å². The summed E-state index contributed by atoms with van der Waals surface area (Å²) in [6.45, 7) is 1.20. The molecule has 2 aromatic rings. The average molecular weight is 347 g/mol. The van der Waals surface area contributed by atoms with Gasteiger partial charge in [-0.2, -0.15) is 4.31 Å². The second-order valence-electron chi connectivity index (χ2n) is 6.86. The van der Waals surface area contributed by atoms with Crippen molar-refractivity contribution >= 4 is 10.0 Å². The Morgan fingerprint density at radius 1 is 1.21 bits per heavy atom. The molecule has 2 aromatic heterocycles. The first-order valence-corrected chi connectivity index (χ1v) is 9.71. The maximum atomic E-state index is 12.8. The Balaban J connectivity index is 1.50. The molecular formula is C16H21N5O2S. The van der Waals surface area contributed by atoms with Gasteiger partial charge in [-0.05, 0) is 37.0 Å². The quantitative estimate of drug-likeness (QED) is 0.827. The lowest BCUT2D eigenvalue weighted by molar-refractivity contribution is 0.356. The molecule has 2 fully saturated rings. The Morgan fingerprint density at radius 2 is 2.08 bits per heavy atom. The van der Waals surface area contributed by atoms with Gasteiger partial charge in [-0.3, -0.25) is 9.97 Å². The summed E-state index contributed by atoms with van der Waals surface area (Å²) in [6, 6.07) is 0. The van der Waals surface area contributed by atoms with Crippen LogP contribution in [0.25, 0.3) is 0 Å². The summed E-state index contributed by atoms with van der Waals surface area (Å²) in [7, 11) is -1.70. The van der Waals surface area contributed by atoms with Crippen LogP contribution in [0.4, 0.5) is 0 Å². The van der Waals surface area contributed by atoms with Crippen LogP contribution in [0.1, 0.15) is 18.5 Å². The van der Waals surface area contributed by atoms with E-state index in [1.807, 2.05) is 6.20 Å². The topological polar surface area (TPSA) is 81.0 Å². The first kappa shape index (κ1) is 15.7. The van der Waals surface area contributed by atoms with Crippen LogP contribution < -0.4 is 0 Å². The third kappa shape index (κ3) is 2.73. The molecule has 8 heteroatoms. The van der Waals surface area contributed by atoms with Crippen molar-refractivity contribution in [1.29, 1.82) is 0 Å². The molecule has 24 heavy (non-hydrogen) atoms. The Kier molecular flexibility index (Phi) is 3.88. The minimum atomic E-state index is -3.48. The fraction of sp³-hybridized carbons (Fsp3) is 0.562. The number of sulfonamides is 1. The van der Waals surface area contributed by atoms with Crippen LogP contribution in [0.2, 0.25) is 0 Å². The first-order valence-electron chi connectivity index (χ1n) is 8.27. The number of aromatic nitrogens is 4. The fourth-order valence-corrected chi connectivity index (χ4v) is 5.65. The van der Waals surface area contributed by atoms with E-state index in [2.05, 4.69) is 15.0 Å². The Hall–Kier alpha value is -1.80. The number of hydrogen-bond acceptors (Lipinski definition) is 5. The lowest BCUT2D eigenvalue weighted by Gasteiger charge is -2.19. The number of aryl methyl sites for hydroxylation is 1. The van der Waals surface area contributed by atoms with E-state index in [4.69, 9.17) is 0 Å². The van der Waals surface area contributed by atoms with E-state index in [9.17, 15) is 8.42 Å². The zero-order chi connectivity index (χ0) is 16.7. The molecule has 1 aliphatic carbocycles. The summed E-state index contributed by atoms with van der Waals surface area (Å²) < 4.78 is 28.8. The molecule has 1 saturated heterocycles. The summed E-state index contributed by atoms with van der Waals surface area (Å²) in [5.74, 6) is 1.34. The van der Waals surface area contributed by atoms with Gasteiger partial charge in [0.15, 0.2) is 5.03 Å². The van der Waals surface area contributed by atoms with Gasteiger partial charge in [-0.25, -0.2) is 13.4 Å². The Morgan fingerprint density at radius 3 is 2.79 bits per heavy atom. The van der Waals surface area contributed by atoms with E-state index in [1.54, 1.807) is 34.5 Å². The molecule has 3 heterocycles. The average Bonchev–Trinajstić information content (AvgIpc) is 3.26. The van der Waals surface area contributed by atoms with E-state index < -0.39 is 10.0 Å². The van der Waals surface area contributed by atoms with Crippen LogP contribution in [0.3, 0.4) is 0 Å². The van der Waals surface area contributed by atoms with Gasteiger partial charge < -0.3 is 4.57 Å². The predicted octanol–water partition coefficient (Wildman–Crippen LogP) is 1.10. The molecule has 0 aromatic carbocycles. The van der Waals surface area contributed by atoms with Crippen LogP contribution in [0.15, 0.2) is 36.1 Å². The molecule has 4 rings (SSSR count). The van der Waals surface area contributed by atoms with Crippen molar-refractivity contribution in [2.45, 2.75) is 24.3 Å². The van der Waals surface area contributed by atoms with Crippen molar-refractivity contribution in [2.24, 2.45) is 24.8 Å². The zero-order valence-electron chi connectivity index (χ0n) is 13.6. The molecule has 2 aliphatic rings. The highest BCUT2D eigenvalue weighted by Crippen LogP contribution is 2.44. The Labute approximate surface area is 141 Å². The maximum Gasteiger partial charge on any atom is 0.262 e. The summed E-state index contributed by atoms with van der Waals surface area (Å²) in [4.78, 5) is 12.5. The monoisotopic (exact) mass is 347 g/mol. The highest BCUT2D eigenvalue weighted by molar-refractivity contribution is 7.89. The van der Waals surface area contributed by atoms with Crippen LogP contribution in [-0.4, -0.2) is 45.3 Å². The van der Waals surface area contributed by atoms with Crippen molar-refractivity contribution in [3.05, 3.63) is 36.8 Å². The van der Waals surface area contributed by atoms with Crippen LogP contribution >= 0.6 is 0 Å². The van der Waals surface area contributed by atoms with Crippen molar-refractivity contribution in [3.63, 3.8) is 0 Å². The number of imidazole rings is 1. The third-order valence-corrected chi connectivity index (χ3v) is 7.06. The van der Waals surface area contributed by atoms with E-state index in [1.165, 1.54) is 6.33 Å². The number of hydrogen-bond donors (Lipinski definition) is 0. The molecule has 3 atom stereocenters. The number of fused-ring (bicyclic) bond motifs is 1. The van der Waals surface area contributed by atoms with Gasteiger partial charge >= 0.3 is 0 Å². The van der Waals surface area contributed by atoms with E-state index in [-0.39, 0.29) is 5.03 Å². The summed E-state index contributed by atoms with van der Waals surface area (Å²) in [5.41, 5.74) is 0.995. The minimum Gasteiger partial charge on any atom is -0.339 e. The normalized spacial score (nSPS) is 27.5. The summed E-state index contributed by atoms with van der Waals surface area (Å²) >= 11 is 0. The standard InChI is InChI=1S/C16H21N5O2S/c1-20-10-16(19-11-20)24(22,23)21-8-13-3-2-12(15(13)9-21)6-14-7-17-4-5-18-14/h4-5,7,10-13,15H,2-3,6,8-9H2,1H3/t12-,13-,15-/m1/s1. The second kappa shape index (κ2) is 5.93. The highest BCUT2D eigenvalue weighted by Gasteiger charge is 2.46. The molecule has 0 N–H and O–H groups in total. The van der Waals surface area contributed by atoms with Gasteiger partial charge in [0, 0.05) is 44.9 Å². The van der Waals surface area contributed by atoms with Gasteiger partial charge in [-0.1, -0.05) is 0 Å². The Bertz CT molecular complexity index is 820. The smallest absolute Gasteiger partial charge is 0.262 e. The molecule has 0 amide bonds.